The van der Waals surface area contributed by atoms with Crippen molar-refractivity contribution >= 4 is 39.8 Å². The van der Waals surface area contributed by atoms with Crippen molar-refractivity contribution in [1.29, 1.82) is 0 Å². The number of fused-ring (bicyclic) bond motifs is 7. The fourth-order valence-electron chi connectivity index (χ4n) is 5.59. The van der Waals surface area contributed by atoms with Crippen LogP contribution in [0.5, 0.6) is 11.5 Å². The lowest BCUT2D eigenvalue weighted by molar-refractivity contribution is 0.0601. The van der Waals surface area contributed by atoms with Crippen LogP contribution >= 0.6 is 0 Å². The maximum absolute atomic E-state index is 13.5. The van der Waals surface area contributed by atoms with Gasteiger partial charge in [-0.1, -0.05) is 6.07 Å². The highest BCUT2D eigenvalue weighted by Gasteiger charge is 2.31. The topological polar surface area (TPSA) is 122 Å². The molecule has 6 rings (SSSR count). The summed E-state index contributed by atoms with van der Waals surface area (Å²) < 4.78 is 19.6. The van der Waals surface area contributed by atoms with Crippen LogP contribution in [0.3, 0.4) is 0 Å². The van der Waals surface area contributed by atoms with Crippen molar-refractivity contribution in [2.24, 2.45) is 0 Å². The SMILES string of the molecule is COC(=O)c1ccc2cc3n(c2c1)C(=O)NCc1c-3c2c(NCc3ccc(OC)cc3OC)ncnc2n1C(C)C. The number of ether oxygens (including phenoxy) is 3. The van der Waals surface area contributed by atoms with Gasteiger partial charge in [-0.15, -0.1) is 0 Å². The van der Waals surface area contributed by atoms with Crippen LogP contribution in [0.2, 0.25) is 0 Å². The Labute approximate surface area is 236 Å². The van der Waals surface area contributed by atoms with Crippen LogP contribution in [-0.2, 0) is 17.8 Å². The molecule has 0 bridgehead atoms. The summed E-state index contributed by atoms with van der Waals surface area (Å²) in [6.45, 7) is 4.90. The molecule has 2 aromatic carbocycles. The zero-order valence-corrected chi connectivity index (χ0v) is 23.4. The van der Waals surface area contributed by atoms with Crippen molar-refractivity contribution in [3.63, 3.8) is 0 Å². The Morgan fingerprint density at radius 1 is 1.07 bits per heavy atom. The zero-order valence-electron chi connectivity index (χ0n) is 23.4. The number of anilines is 1. The predicted octanol–water partition coefficient (Wildman–Crippen LogP) is 5.12. The molecule has 2 N–H and O–H groups in total. The monoisotopic (exact) mass is 554 g/mol. The van der Waals surface area contributed by atoms with Crippen LogP contribution in [0, 0.1) is 0 Å². The smallest absolute Gasteiger partial charge is 0.337 e. The third kappa shape index (κ3) is 4.21. The molecule has 11 nitrogen and oxygen atoms in total. The molecule has 41 heavy (non-hydrogen) atoms. The number of carbonyl (C=O) groups is 2. The quantitative estimate of drug-likeness (QED) is 0.266. The summed E-state index contributed by atoms with van der Waals surface area (Å²) >= 11 is 0. The molecule has 0 unspecified atom stereocenters. The number of hydrogen-bond acceptors (Lipinski definition) is 8. The normalized spacial score (nSPS) is 12.6. The molecular weight excluding hydrogens is 524 g/mol. The summed E-state index contributed by atoms with van der Waals surface area (Å²) in [7, 11) is 4.57. The Bertz CT molecular complexity index is 1840. The van der Waals surface area contributed by atoms with Gasteiger partial charge in [0.2, 0.25) is 0 Å². The van der Waals surface area contributed by atoms with Crippen LogP contribution < -0.4 is 20.1 Å². The number of aromatic nitrogens is 4. The summed E-state index contributed by atoms with van der Waals surface area (Å²) in [5.41, 5.74) is 5.12. The molecule has 3 aromatic heterocycles. The maximum Gasteiger partial charge on any atom is 0.337 e. The van der Waals surface area contributed by atoms with Gasteiger partial charge < -0.3 is 29.4 Å². The third-order valence-electron chi connectivity index (χ3n) is 7.43. The van der Waals surface area contributed by atoms with E-state index in [2.05, 4.69) is 34.0 Å². The van der Waals surface area contributed by atoms with E-state index in [1.54, 1.807) is 37.2 Å². The van der Waals surface area contributed by atoms with E-state index in [0.29, 0.717) is 47.2 Å². The van der Waals surface area contributed by atoms with Crippen LogP contribution in [0.4, 0.5) is 10.6 Å². The van der Waals surface area contributed by atoms with Crippen LogP contribution in [0.15, 0.2) is 48.8 Å². The molecule has 5 aromatic rings. The number of amides is 1. The summed E-state index contributed by atoms with van der Waals surface area (Å²) in [4.78, 5) is 35.1. The number of methoxy groups -OCH3 is 3. The van der Waals surface area contributed by atoms with Crippen molar-refractivity contribution in [3.05, 3.63) is 65.6 Å². The Balaban J connectivity index is 1.56. The minimum Gasteiger partial charge on any atom is -0.497 e. The third-order valence-corrected chi connectivity index (χ3v) is 7.43. The van der Waals surface area contributed by atoms with Crippen molar-refractivity contribution in [3.8, 4) is 22.8 Å². The van der Waals surface area contributed by atoms with Crippen LogP contribution in [0.25, 0.3) is 33.2 Å². The Morgan fingerprint density at radius 3 is 2.63 bits per heavy atom. The minimum atomic E-state index is -0.470. The van der Waals surface area contributed by atoms with Crippen LogP contribution in [0.1, 0.15) is 41.5 Å². The van der Waals surface area contributed by atoms with Crippen molar-refractivity contribution in [1.82, 2.24) is 24.4 Å². The molecule has 1 amide bonds. The van der Waals surface area contributed by atoms with Gasteiger partial charge in [0.15, 0.2) is 0 Å². The van der Waals surface area contributed by atoms with E-state index in [4.69, 9.17) is 19.2 Å². The van der Waals surface area contributed by atoms with E-state index < -0.39 is 5.97 Å². The van der Waals surface area contributed by atoms with Gasteiger partial charge in [-0.3, -0.25) is 4.57 Å². The highest BCUT2D eigenvalue weighted by molar-refractivity contribution is 6.09. The fourth-order valence-corrected chi connectivity index (χ4v) is 5.59. The molecule has 0 spiro atoms. The lowest BCUT2D eigenvalue weighted by Gasteiger charge is -2.14. The molecule has 4 heterocycles. The molecule has 11 heteroatoms. The van der Waals surface area contributed by atoms with Gasteiger partial charge in [0.1, 0.15) is 29.3 Å². The second-order valence-corrected chi connectivity index (χ2v) is 10.0. The van der Waals surface area contributed by atoms with Gasteiger partial charge in [0.25, 0.3) is 0 Å². The molecule has 0 fully saturated rings. The molecule has 0 saturated carbocycles. The van der Waals surface area contributed by atoms with Crippen molar-refractivity contribution in [2.75, 3.05) is 26.6 Å². The highest BCUT2D eigenvalue weighted by Crippen LogP contribution is 2.42. The number of nitrogens with zero attached hydrogens (tertiary/aromatic N) is 4. The van der Waals surface area contributed by atoms with Crippen molar-refractivity contribution < 1.29 is 23.8 Å². The van der Waals surface area contributed by atoms with E-state index in [1.165, 1.54) is 7.11 Å². The first-order chi connectivity index (χ1) is 19.9. The standard InChI is InChI=1S/C30H30N6O5/c1-16(2)35-23-14-32-30(38)36-21-11-18(29(37)41-5)7-6-17(21)10-22(36)25(23)26-27(33-15-34-28(26)35)31-13-19-8-9-20(39-3)12-24(19)40-4/h6-12,15-16H,13-14H2,1-5H3,(H,32,38)(H,31,33,34). The second-order valence-electron chi connectivity index (χ2n) is 10.0. The van der Waals surface area contributed by atoms with E-state index in [1.807, 2.05) is 30.3 Å². The molecular formula is C30H30N6O5. The molecule has 1 aliphatic rings. The second kappa shape index (κ2) is 10.2. The number of benzene rings is 2. The summed E-state index contributed by atoms with van der Waals surface area (Å²) in [6, 6.07) is 12.6. The van der Waals surface area contributed by atoms with E-state index in [0.717, 1.165) is 33.2 Å². The molecule has 0 saturated heterocycles. The average molecular weight is 555 g/mol. The number of rotatable bonds is 7. The number of carbonyl (C=O) groups excluding carboxylic acids is 2. The Morgan fingerprint density at radius 2 is 1.90 bits per heavy atom. The van der Waals surface area contributed by atoms with Gasteiger partial charge in [-0.2, -0.15) is 0 Å². The summed E-state index contributed by atoms with van der Waals surface area (Å²) in [6.07, 6.45) is 1.55. The number of nitrogens with one attached hydrogen (secondary N) is 2. The number of hydrogen-bond donors (Lipinski definition) is 2. The first kappa shape index (κ1) is 26.2. The van der Waals surface area contributed by atoms with Gasteiger partial charge in [-0.05, 0) is 44.2 Å². The molecule has 0 atom stereocenters. The first-order valence-electron chi connectivity index (χ1n) is 13.2. The average Bonchev–Trinajstić information content (AvgIpc) is 3.49. The Hall–Kier alpha value is -5.06. The van der Waals surface area contributed by atoms with E-state index in [9.17, 15) is 9.59 Å². The highest BCUT2D eigenvalue weighted by atomic mass is 16.5. The Kier molecular flexibility index (Phi) is 6.49. The predicted molar refractivity (Wildman–Crippen MR) is 155 cm³/mol. The van der Waals surface area contributed by atoms with Crippen LogP contribution in [-0.4, -0.2) is 52.4 Å². The molecule has 210 valence electrons. The van der Waals surface area contributed by atoms with Gasteiger partial charge in [-0.25, -0.2) is 19.6 Å². The molecule has 0 radical (unpaired) electrons. The van der Waals surface area contributed by atoms with E-state index >= 15 is 0 Å². The summed E-state index contributed by atoms with van der Waals surface area (Å²) in [5, 5.41) is 8.15. The summed E-state index contributed by atoms with van der Waals surface area (Å²) in [5.74, 6) is 1.55. The molecule has 1 aliphatic heterocycles. The zero-order chi connectivity index (χ0) is 28.8. The minimum absolute atomic E-state index is 0.0597. The van der Waals surface area contributed by atoms with Gasteiger partial charge in [0.05, 0.1) is 50.0 Å². The first-order valence-corrected chi connectivity index (χ1v) is 13.2. The van der Waals surface area contributed by atoms with Gasteiger partial charge in [0, 0.05) is 40.9 Å². The lowest BCUT2D eigenvalue weighted by Crippen LogP contribution is -2.27. The van der Waals surface area contributed by atoms with Gasteiger partial charge >= 0.3 is 12.0 Å². The maximum atomic E-state index is 13.5. The number of esters is 1. The largest absolute Gasteiger partial charge is 0.497 e. The van der Waals surface area contributed by atoms with E-state index in [-0.39, 0.29) is 12.1 Å². The lowest BCUT2D eigenvalue weighted by atomic mass is 10.1. The molecule has 0 aliphatic carbocycles. The van der Waals surface area contributed by atoms with Crippen molar-refractivity contribution in [2.45, 2.75) is 33.0 Å². The fraction of sp³-hybridized carbons (Fsp3) is 0.267.